The van der Waals surface area contributed by atoms with E-state index in [0.29, 0.717) is 5.76 Å². The molecule has 0 aromatic heterocycles. The third-order valence-electron chi connectivity index (χ3n) is 23.3. The minimum atomic E-state index is -3.23. The Morgan fingerprint density at radius 2 is 0.610 bits per heavy atom. The third-order valence-corrected chi connectivity index (χ3v) is 28.3. The maximum absolute atomic E-state index is 7.93. The van der Waals surface area contributed by atoms with Crippen LogP contribution in [0.4, 0.5) is 0 Å². The summed E-state index contributed by atoms with van der Waals surface area (Å²) in [6.07, 6.45) is 0.742. The Morgan fingerprint density at radius 3 is 1.01 bits per heavy atom. The summed E-state index contributed by atoms with van der Waals surface area (Å²) >= 11 is 0. The van der Waals surface area contributed by atoms with E-state index < -0.39 is 130 Å². The Hall–Kier alpha value is -9.46. The largest absolute Gasteiger partial charge is 0.484 e. The molecule has 6 heterocycles. The average molecular weight is 1680 g/mol. The van der Waals surface area contributed by atoms with E-state index in [-0.39, 0.29) is 64.5 Å². The quantitative estimate of drug-likeness (QED) is 0.0273. The van der Waals surface area contributed by atoms with Gasteiger partial charge in [-0.3, -0.25) is 0 Å². The lowest BCUT2D eigenvalue weighted by Gasteiger charge is -2.48. The fourth-order valence-corrected chi connectivity index (χ4v) is 22.0. The second-order valence-electron chi connectivity index (χ2n) is 34.2. The number of allylic oxidation sites excluding steroid dienone is 1. The maximum atomic E-state index is 7.93. The summed E-state index contributed by atoms with van der Waals surface area (Å²) in [4.78, 5) is 0. The summed E-state index contributed by atoms with van der Waals surface area (Å²) in [6.45, 7) is 16.5. The van der Waals surface area contributed by atoms with Crippen LogP contribution in [-0.2, 0) is 133 Å². The summed E-state index contributed by atoms with van der Waals surface area (Å²) in [7, 11) is -3.23. The van der Waals surface area contributed by atoms with Crippen molar-refractivity contribution in [3.8, 4) is 0 Å². The zero-order valence-electron chi connectivity index (χ0n) is 71.1. The molecule has 0 amide bonds. The second kappa shape index (κ2) is 41.1. The summed E-state index contributed by atoms with van der Waals surface area (Å²) < 4.78 is 123. The van der Waals surface area contributed by atoms with Crippen molar-refractivity contribution in [3.05, 3.63) is 396 Å². The molecule has 17 nitrogen and oxygen atoms in total. The van der Waals surface area contributed by atoms with Gasteiger partial charge in [-0.15, -0.1) is 0 Å². The number of benzene rings is 10. The highest BCUT2D eigenvalue weighted by Gasteiger charge is 2.61. The Morgan fingerprint density at radius 1 is 0.301 bits per heavy atom. The monoisotopic (exact) mass is 1670 g/mol. The van der Waals surface area contributed by atoms with E-state index in [4.69, 9.17) is 80.2 Å². The van der Waals surface area contributed by atoms with Crippen molar-refractivity contribution in [1.29, 1.82) is 0 Å². The average Bonchev–Trinajstić information content (AvgIpc) is 1.08. The van der Waals surface area contributed by atoms with E-state index in [1.807, 2.05) is 216 Å². The van der Waals surface area contributed by atoms with Gasteiger partial charge in [0.2, 0.25) is 0 Å². The van der Waals surface area contributed by atoms with Crippen LogP contribution in [0.2, 0.25) is 5.04 Å². The maximum Gasteiger partial charge on any atom is 0.261 e. The minimum absolute atomic E-state index is 0.129. The van der Waals surface area contributed by atoms with Gasteiger partial charge >= 0.3 is 0 Å². The second-order valence-corrected chi connectivity index (χ2v) is 38.5. The molecule has 5 fully saturated rings. The van der Waals surface area contributed by atoms with E-state index in [0.717, 1.165) is 54.9 Å². The van der Waals surface area contributed by atoms with Crippen LogP contribution in [0.25, 0.3) is 0 Å². The van der Waals surface area contributed by atoms with Crippen molar-refractivity contribution in [2.24, 2.45) is 0 Å². The van der Waals surface area contributed by atoms with E-state index >= 15 is 0 Å². The predicted octanol–water partition coefficient (Wildman–Crippen LogP) is 18.1. The van der Waals surface area contributed by atoms with Crippen LogP contribution in [0.3, 0.4) is 0 Å². The Balaban J connectivity index is 0.813. The van der Waals surface area contributed by atoms with Crippen molar-refractivity contribution in [1.82, 2.24) is 0 Å². The number of ether oxygens (including phenoxy) is 16. The van der Waals surface area contributed by atoms with Crippen LogP contribution >= 0.6 is 0 Å². The number of hydrogen-bond donors (Lipinski definition) is 0. The van der Waals surface area contributed by atoms with Crippen molar-refractivity contribution in [2.45, 2.75) is 228 Å². The Labute approximate surface area is 725 Å². The van der Waals surface area contributed by atoms with Crippen LogP contribution in [0.5, 0.6) is 0 Å². The Kier molecular flexibility index (Phi) is 29.1. The molecular formula is C105H114O17Si. The van der Waals surface area contributed by atoms with Gasteiger partial charge in [0, 0.05) is 0 Å². The minimum Gasteiger partial charge on any atom is -0.484 e. The molecule has 10 aromatic rings. The summed E-state index contributed by atoms with van der Waals surface area (Å²) in [5.41, 5.74) is 7.78. The van der Waals surface area contributed by atoms with Gasteiger partial charge in [-0.25, -0.2) is 0 Å². The Bertz CT molecular complexity index is 4940. The van der Waals surface area contributed by atoms with Crippen LogP contribution in [0.1, 0.15) is 93.0 Å². The first-order valence-corrected chi connectivity index (χ1v) is 45.0. The molecule has 6 aliphatic rings. The van der Waals surface area contributed by atoms with Crippen molar-refractivity contribution in [3.63, 3.8) is 0 Å². The zero-order chi connectivity index (χ0) is 84.4. The molecule has 640 valence electrons. The van der Waals surface area contributed by atoms with Gasteiger partial charge in [0.15, 0.2) is 17.9 Å². The lowest BCUT2D eigenvalue weighted by molar-refractivity contribution is -0.259. The van der Waals surface area contributed by atoms with Crippen molar-refractivity contribution in [2.75, 3.05) is 6.61 Å². The van der Waals surface area contributed by atoms with Crippen molar-refractivity contribution >= 4 is 18.7 Å². The van der Waals surface area contributed by atoms with Crippen LogP contribution in [0.15, 0.2) is 352 Å². The first-order valence-electron chi connectivity index (χ1n) is 43.1. The molecule has 123 heavy (non-hydrogen) atoms. The highest BCUT2D eigenvalue weighted by Crippen LogP contribution is 2.46. The molecule has 0 N–H and O–H groups in total. The topological polar surface area (TPSA) is 157 Å². The van der Waals surface area contributed by atoms with Gasteiger partial charge in [0.05, 0.1) is 59.5 Å². The zero-order valence-corrected chi connectivity index (χ0v) is 72.1. The lowest BCUT2D eigenvalue weighted by atomic mass is 9.91. The van der Waals surface area contributed by atoms with Crippen LogP contribution < -0.4 is 10.4 Å². The van der Waals surface area contributed by atoms with Gasteiger partial charge < -0.3 is 80.2 Å². The van der Waals surface area contributed by atoms with E-state index in [1.165, 1.54) is 0 Å². The molecule has 6 aliphatic heterocycles. The molecule has 0 saturated carbocycles. The molecule has 18 atom stereocenters. The first kappa shape index (κ1) is 87.0. The number of rotatable bonds is 35. The van der Waals surface area contributed by atoms with E-state index in [9.17, 15) is 0 Å². The molecule has 18 heteroatoms. The summed E-state index contributed by atoms with van der Waals surface area (Å²) in [5, 5.41) is 1.89. The van der Waals surface area contributed by atoms with Gasteiger partial charge in [0.1, 0.15) is 110 Å². The summed E-state index contributed by atoms with van der Waals surface area (Å²) in [5.74, 6) is -1.41. The van der Waals surface area contributed by atoms with Crippen LogP contribution in [-0.4, -0.2) is 137 Å². The molecule has 0 bridgehead atoms. The standard InChI is InChI=1S/C105H114O17Si/c1-103(2,3)123(83-54-34-16-35-55-83,84-56-36-17-37-57-84)114-73-91-96(111-70-79-48-28-13-29-49-79)99(113-72-81-52-32-15-33-53-81)93(108-67-76-42-22-10-23-43-76)86(117-91)59-58-82-64-90(106-65-74-38-18-8-19-39-74)92(107-66-75-40-20-9-21-41-75)85(115-82)60-61-87-94(109-68-77-44-24-11-25-45-77)98(112-71-80-50-30-14-31-51-80)95(110-69-78-46-26-12-27-47-78)88(116-87)62-63-89-97-100(120-104(4,5)119-97)101-102(118-89)122-105(6,7)121-101/h8-64,85-102H,65-73H2,1-7H3/b59-58-,61-60-,63-62-/t85-,86-,87+,88-,89+,90-,91+,92-,93-,94-,95-,96-,97-,98-,99+,100-,101+,102+/m0/s1. The number of hydrogen-bond acceptors (Lipinski definition) is 17. The van der Waals surface area contributed by atoms with Crippen LogP contribution in [0, 0.1) is 0 Å². The highest BCUT2D eigenvalue weighted by molar-refractivity contribution is 6.99. The fourth-order valence-electron chi connectivity index (χ4n) is 17.4. The number of fused-ring (bicyclic) bond motifs is 3. The normalized spacial score (nSPS) is 27.5. The van der Waals surface area contributed by atoms with E-state index in [1.54, 1.807) is 0 Å². The molecule has 0 unspecified atom stereocenters. The molecular weight excluding hydrogens is 1560 g/mol. The van der Waals surface area contributed by atoms with Gasteiger partial charge in [-0.2, -0.15) is 0 Å². The van der Waals surface area contributed by atoms with E-state index in [2.05, 4.69) is 178 Å². The van der Waals surface area contributed by atoms with Gasteiger partial charge in [-0.05, 0) is 112 Å². The predicted molar refractivity (Wildman–Crippen MR) is 474 cm³/mol. The van der Waals surface area contributed by atoms with Gasteiger partial charge in [0.25, 0.3) is 8.32 Å². The fraction of sp³-hybridized carbons (Fsp3) is 0.352. The molecule has 5 saturated heterocycles. The van der Waals surface area contributed by atoms with Gasteiger partial charge in [-0.1, -0.05) is 342 Å². The molecule has 10 aromatic carbocycles. The molecule has 16 rings (SSSR count). The SMILES string of the molecule is CC1(C)O[C@H]2[C@@H](O1)[C@@H](/C=C\[C@@H]1O[C@H](/C=C\[C@@H]3OC(/C=C\[C@@H]4O[C@H](CO[Si](c5ccccc5)(c5ccccc5)C(C)(C)C)[C@H](OCc5ccccc5)[C@H](OCc5ccccc5)[C@H]4OCc4ccccc4)=C[C@H](OCc4ccccc4)[C@H]3OCc3ccccc3)[C@H](OCc3ccccc3)[C@H](OCc3ccccc3)[C@H]1OCc1ccccc1)O[C@@H]1OC(C)(C)O[C@@H]12. The summed E-state index contributed by atoms with van der Waals surface area (Å²) in [6, 6.07) is 103. The highest BCUT2D eigenvalue weighted by atomic mass is 28.4. The molecule has 0 spiro atoms. The smallest absolute Gasteiger partial charge is 0.261 e. The third kappa shape index (κ3) is 22.3. The first-order chi connectivity index (χ1) is 60.0. The molecule has 0 aliphatic carbocycles. The molecule has 0 radical (unpaired) electrons. The lowest BCUT2D eigenvalue weighted by Crippen LogP contribution is -2.68. The van der Waals surface area contributed by atoms with Crippen molar-refractivity contribution < 1.29 is 80.2 Å².